The molecule has 2 amide bonds. The molecule has 1 saturated heterocycles. The first kappa shape index (κ1) is 17.5. The number of benzene rings is 1. The molecule has 134 valence electrons. The summed E-state index contributed by atoms with van der Waals surface area (Å²) in [6.45, 7) is 6.53. The Morgan fingerprint density at radius 2 is 2.12 bits per heavy atom. The molecule has 1 fully saturated rings. The zero-order valence-corrected chi connectivity index (χ0v) is 14.9. The number of morpholine rings is 1. The summed E-state index contributed by atoms with van der Waals surface area (Å²) < 4.78 is 7.88. The van der Waals surface area contributed by atoms with Crippen molar-refractivity contribution in [1.29, 1.82) is 0 Å². The van der Waals surface area contributed by atoms with E-state index in [1.54, 1.807) is 6.20 Å². The third-order valence-corrected chi connectivity index (χ3v) is 4.46. The average molecular weight is 342 g/mol. The Morgan fingerprint density at radius 3 is 2.88 bits per heavy atom. The summed E-state index contributed by atoms with van der Waals surface area (Å²) >= 11 is 0. The molecule has 6 heteroatoms. The minimum Gasteiger partial charge on any atom is -0.372 e. The second-order valence-corrected chi connectivity index (χ2v) is 6.50. The van der Waals surface area contributed by atoms with E-state index >= 15 is 0 Å². The first-order chi connectivity index (χ1) is 12.2. The molecule has 6 nitrogen and oxygen atoms in total. The van der Waals surface area contributed by atoms with Crippen LogP contribution in [0.4, 0.5) is 4.79 Å². The predicted octanol–water partition coefficient (Wildman–Crippen LogP) is 2.64. The maximum atomic E-state index is 12.5. The van der Waals surface area contributed by atoms with Crippen molar-refractivity contribution in [1.82, 2.24) is 19.8 Å². The number of amides is 2. The number of rotatable bonds is 5. The summed E-state index contributed by atoms with van der Waals surface area (Å²) in [4.78, 5) is 18.7. The lowest BCUT2D eigenvalue weighted by Gasteiger charge is -2.36. The van der Waals surface area contributed by atoms with E-state index in [1.807, 2.05) is 36.2 Å². The molecule has 2 aromatic rings. The van der Waals surface area contributed by atoms with Gasteiger partial charge in [0, 0.05) is 32.0 Å². The molecule has 3 rings (SSSR count). The van der Waals surface area contributed by atoms with Crippen LogP contribution in [0.5, 0.6) is 0 Å². The first-order valence-corrected chi connectivity index (χ1v) is 8.88. The van der Waals surface area contributed by atoms with E-state index in [1.165, 1.54) is 5.56 Å². The van der Waals surface area contributed by atoms with Crippen molar-refractivity contribution in [3.63, 3.8) is 0 Å². The van der Waals surface area contributed by atoms with Crippen molar-refractivity contribution >= 4 is 6.03 Å². The molecule has 0 unspecified atom stereocenters. The maximum Gasteiger partial charge on any atom is 0.317 e. The zero-order valence-electron chi connectivity index (χ0n) is 14.9. The molecule has 1 aliphatic heterocycles. The lowest BCUT2D eigenvalue weighted by atomic mass is 10.2. The van der Waals surface area contributed by atoms with Crippen molar-refractivity contribution in [2.75, 3.05) is 13.1 Å². The number of hydrogen-bond acceptors (Lipinski definition) is 3. The van der Waals surface area contributed by atoms with E-state index < -0.39 is 0 Å². The molecule has 0 aliphatic carbocycles. The molecule has 2 atom stereocenters. The summed E-state index contributed by atoms with van der Waals surface area (Å²) in [5, 5.41) is 2.99. The zero-order chi connectivity index (χ0) is 17.6. The SMILES string of the molecule is CC[C@@H]1CN(C(=O)NCc2nccn2Cc2ccccc2)C[C@H](C)O1. The number of ether oxygens (including phenoxy) is 1. The number of hydrogen-bond donors (Lipinski definition) is 1. The van der Waals surface area contributed by atoms with E-state index in [4.69, 9.17) is 4.74 Å². The van der Waals surface area contributed by atoms with Crippen LogP contribution < -0.4 is 5.32 Å². The van der Waals surface area contributed by atoms with Gasteiger partial charge in [-0.05, 0) is 18.9 Å². The highest BCUT2D eigenvalue weighted by molar-refractivity contribution is 5.74. The molecule has 0 radical (unpaired) electrons. The van der Waals surface area contributed by atoms with Gasteiger partial charge >= 0.3 is 6.03 Å². The lowest BCUT2D eigenvalue weighted by molar-refractivity contribution is -0.0646. The second-order valence-electron chi connectivity index (χ2n) is 6.50. The van der Waals surface area contributed by atoms with Crippen LogP contribution >= 0.6 is 0 Å². The predicted molar refractivity (Wildman–Crippen MR) is 96.2 cm³/mol. The smallest absolute Gasteiger partial charge is 0.317 e. The molecule has 0 bridgehead atoms. The fourth-order valence-corrected chi connectivity index (χ4v) is 3.13. The van der Waals surface area contributed by atoms with Gasteiger partial charge in [-0.2, -0.15) is 0 Å². The maximum absolute atomic E-state index is 12.5. The Hall–Kier alpha value is -2.34. The van der Waals surface area contributed by atoms with Crippen LogP contribution in [0, 0.1) is 0 Å². The molecule has 1 N–H and O–H groups in total. The van der Waals surface area contributed by atoms with Gasteiger partial charge in [0.25, 0.3) is 0 Å². The molecular weight excluding hydrogens is 316 g/mol. The van der Waals surface area contributed by atoms with Gasteiger partial charge in [-0.25, -0.2) is 9.78 Å². The molecule has 1 aromatic heterocycles. The van der Waals surface area contributed by atoms with Gasteiger partial charge < -0.3 is 19.5 Å². The highest BCUT2D eigenvalue weighted by Gasteiger charge is 2.27. The average Bonchev–Trinajstić information content (AvgIpc) is 3.07. The molecule has 25 heavy (non-hydrogen) atoms. The van der Waals surface area contributed by atoms with Crippen molar-refractivity contribution in [2.45, 2.75) is 45.6 Å². The summed E-state index contributed by atoms with van der Waals surface area (Å²) in [5.41, 5.74) is 1.21. The van der Waals surface area contributed by atoms with E-state index in [0.717, 1.165) is 18.8 Å². The fraction of sp³-hybridized carbons (Fsp3) is 0.474. The van der Waals surface area contributed by atoms with Gasteiger partial charge in [0.15, 0.2) is 0 Å². The van der Waals surface area contributed by atoms with Gasteiger partial charge in [-0.1, -0.05) is 37.3 Å². The van der Waals surface area contributed by atoms with Crippen LogP contribution in [-0.2, 0) is 17.8 Å². The Balaban J connectivity index is 1.57. The van der Waals surface area contributed by atoms with E-state index in [2.05, 4.69) is 33.9 Å². The molecule has 1 aromatic carbocycles. The number of imidazole rings is 1. The summed E-state index contributed by atoms with van der Waals surface area (Å²) in [6, 6.07) is 10.2. The highest BCUT2D eigenvalue weighted by Crippen LogP contribution is 2.13. The Morgan fingerprint density at radius 1 is 1.32 bits per heavy atom. The third kappa shape index (κ3) is 4.60. The van der Waals surface area contributed by atoms with Gasteiger partial charge in [0.05, 0.1) is 18.8 Å². The van der Waals surface area contributed by atoms with Gasteiger partial charge in [0.1, 0.15) is 5.82 Å². The van der Waals surface area contributed by atoms with Crippen molar-refractivity contribution < 1.29 is 9.53 Å². The normalized spacial score (nSPS) is 20.5. The number of urea groups is 1. The van der Waals surface area contributed by atoms with Crippen LogP contribution in [0.2, 0.25) is 0 Å². The van der Waals surface area contributed by atoms with E-state index in [0.29, 0.717) is 19.6 Å². The van der Waals surface area contributed by atoms with Crippen molar-refractivity contribution in [2.24, 2.45) is 0 Å². The Bertz CT molecular complexity index is 686. The number of aromatic nitrogens is 2. The van der Waals surface area contributed by atoms with E-state index in [-0.39, 0.29) is 18.2 Å². The minimum atomic E-state index is -0.0529. The Labute approximate surface area is 148 Å². The van der Waals surface area contributed by atoms with Crippen LogP contribution in [0.15, 0.2) is 42.7 Å². The first-order valence-electron chi connectivity index (χ1n) is 8.88. The topological polar surface area (TPSA) is 59.4 Å². The minimum absolute atomic E-state index is 0.0529. The van der Waals surface area contributed by atoms with Crippen LogP contribution in [0.25, 0.3) is 0 Å². The molecular formula is C19H26N4O2. The van der Waals surface area contributed by atoms with Gasteiger partial charge in [-0.15, -0.1) is 0 Å². The van der Waals surface area contributed by atoms with Gasteiger partial charge in [-0.3, -0.25) is 0 Å². The number of carbonyl (C=O) groups is 1. The molecule has 0 saturated carbocycles. The van der Waals surface area contributed by atoms with Crippen molar-refractivity contribution in [3.8, 4) is 0 Å². The standard InChI is InChI=1S/C19H26N4O2/c1-3-17-14-23(12-15(2)25-17)19(24)21-11-18-20-9-10-22(18)13-16-7-5-4-6-8-16/h4-10,15,17H,3,11-14H2,1-2H3,(H,21,24)/t15-,17+/m0/s1. The summed E-state index contributed by atoms with van der Waals surface area (Å²) in [5.74, 6) is 0.852. The second kappa shape index (κ2) is 8.16. The molecule has 1 aliphatic rings. The Kier molecular flexibility index (Phi) is 5.71. The number of carbonyl (C=O) groups excluding carboxylic acids is 1. The molecule has 2 heterocycles. The fourth-order valence-electron chi connectivity index (χ4n) is 3.13. The third-order valence-electron chi connectivity index (χ3n) is 4.46. The highest BCUT2D eigenvalue weighted by atomic mass is 16.5. The molecule has 0 spiro atoms. The quantitative estimate of drug-likeness (QED) is 0.909. The number of nitrogens with zero attached hydrogens (tertiary/aromatic N) is 3. The van der Waals surface area contributed by atoms with Crippen LogP contribution in [0.3, 0.4) is 0 Å². The summed E-state index contributed by atoms with van der Waals surface area (Å²) in [6.07, 6.45) is 4.82. The number of nitrogens with one attached hydrogen (secondary N) is 1. The largest absolute Gasteiger partial charge is 0.372 e. The van der Waals surface area contributed by atoms with Crippen molar-refractivity contribution in [3.05, 3.63) is 54.1 Å². The summed E-state index contributed by atoms with van der Waals surface area (Å²) in [7, 11) is 0. The van der Waals surface area contributed by atoms with Crippen LogP contribution in [-0.4, -0.2) is 45.8 Å². The van der Waals surface area contributed by atoms with E-state index in [9.17, 15) is 4.79 Å². The van der Waals surface area contributed by atoms with Crippen LogP contribution in [0.1, 0.15) is 31.7 Å². The monoisotopic (exact) mass is 342 g/mol. The lowest BCUT2D eigenvalue weighted by Crippen LogP contribution is -2.52. The van der Waals surface area contributed by atoms with Gasteiger partial charge in [0.2, 0.25) is 0 Å².